The van der Waals surface area contributed by atoms with E-state index in [-0.39, 0.29) is 11.3 Å². The summed E-state index contributed by atoms with van der Waals surface area (Å²) in [5.74, 6) is -0.578. The van der Waals surface area contributed by atoms with Crippen LogP contribution in [0, 0.1) is 6.92 Å². The molecule has 196 valence electrons. The largest absolute Gasteiger partial charge is 0.507 e. The molecule has 3 heterocycles. The van der Waals surface area contributed by atoms with Crippen molar-refractivity contribution in [3.63, 3.8) is 0 Å². The third-order valence-electron chi connectivity index (χ3n) is 6.81. The maximum absolute atomic E-state index is 13.5. The first-order valence-corrected chi connectivity index (χ1v) is 13.6. The van der Waals surface area contributed by atoms with E-state index >= 15 is 0 Å². The van der Waals surface area contributed by atoms with Gasteiger partial charge in [0, 0.05) is 34.6 Å². The lowest BCUT2D eigenvalue weighted by Gasteiger charge is -2.25. The van der Waals surface area contributed by atoms with Crippen molar-refractivity contribution in [3.8, 4) is 11.5 Å². The number of para-hydroxylation sites is 1. The molecule has 0 saturated carbocycles. The minimum Gasteiger partial charge on any atom is -0.507 e. The number of Topliss-reactive ketones (excluding diaryl/α,β-unsaturated/α-hetero) is 1. The molecule has 8 heteroatoms. The van der Waals surface area contributed by atoms with Crippen molar-refractivity contribution in [2.45, 2.75) is 33.2 Å². The molecule has 38 heavy (non-hydrogen) atoms. The van der Waals surface area contributed by atoms with Crippen LogP contribution < -0.4 is 9.47 Å². The summed E-state index contributed by atoms with van der Waals surface area (Å²) in [4.78, 5) is 32.6. The van der Waals surface area contributed by atoms with Crippen LogP contribution in [-0.4, -0.2) is 46.4 Å². The van der Waals surface area contributed by atoms with Gasteiger partial charge < -0.3 is 24.5 Å². The van der Waals surface area contributed by atoms with Crippen LogP contribution in [0.5, 0.6) is 11.5 Å². The second-order valence-corrected chi connectivity index (χ2v) is 10.0. The summed E-state index contributed by atoms with van der Waals surface area (Å²) in [6.07, 6.45) is 2.51. The molecule has 1 saturated heterocycles. The topological polar surface area (TPSA) is 91.9 Å². The Labute approximate surface area is 225 Å². The standard InChI is InChI=1S/C30H30N2O5S/c1-4-36-20-10-11-22(24(16-20)37-5-2)27(33)25-26(29-18(3)13-15-38-29)32(30(35)28(25)34)14-12-19-17-31-23-9-7-6-8-21(19)23/h6-11,13,15-17,26,31,33H,4-5,12,14H2,1-3H3/b27-25-. The van der Waals surface area contributed by atoms with Crippen molar-refractivity contribution in [1.82, 2.24) is 9.88 Å². The molecule has 1 fully saturated rings. The number of nitrogens with zero attached hydrogens (tertiary/aromatic N) is 1. The van der Waals surface area contributed by atoms with Crippen LogP contribution in [0.15, 0.2) is 65.7 Å². The van der Waals surface area contributed by atoms with Gasteiger partial charge in [-0.05, 0) is 68.0 Å². The number of aryl methyl sites for hydroxylation is 1. The zero-order valence-electron chi connectivity index (χ0n) is 21.6. The Bertz CT molecular complexity index is 1530. The molecule has 2 aromatic heterocycles. The Morgan fingerprint density at radius 3 is 2.61 bits per heavy atom. The number of rotatable bonds is 9. The number of fused-ring (bicyclic) bond motifs is 1. The summed E-state index contributed by atoms with van der Waals surface area (Å²) in [5, 5.41) is 14.6. The van der Waals surface area contributed by atoms with Gasteiger partial charge in [-0.1, -0.05) is 18.2 Å². The predicted octanol–water partition coefficient (Wildman–Crippen LogP) is 6.00. The third kappa shape index (κ3) is 4.56. The van der Waals surface area contributed by atoms with Crippen molar-refractivity contribution in [2.24, 2.45) is 0 Å². The highest BCUT2D eigenvalue weighted by Crippen LogP contribution is 2.44. The molecule has 1 amide bonds. The molecule has 1 atom stereocenters. The van der Waals surface area contributed by atoms with Crippen LogP contribution in [0.1, 0.15) is 41.5 Å². The van der Waals surface area contributed by atoms with Gasteiger partial charge in [-0.25, -0.2) is 0 Å². The zero-order valence-corrected chi connectivity index (χ0v) is 22.4. The predicted molar refractivity (Wildman–Crippen MR) is 149 cm³/mol. The number of aliphatic hydroxyl groups excluding tert-OH is 1. The maximum Gasteiger partial charge on any atom is 0.295 e. The Hall–Kier alpha value is -4.04. The van der Waals surface area contributed by atoms with E-state index in [0.29, 0.717) is 43.2 Å². The van der Waals surface area contributed by atoms with E-state index in [4.69, 9.17) is 9.47 Å². The number of ether oxygens (including phenoxy) is 2. The average Bonchev–Trinajstić information content (AvgIpc) is 3.59. The first kappa shape index (κ1) is 25.6. The minimum absolute atomic E-state index is 0.0737. The molecule has 5 rings (SSSR count). The number of H-pyrrole nitrogens is 1. The molecule has 0 aliphatic carbocycles. The summed E-state index contributed by atoms with van der Waals surface area (Å²) in [6, 6.07) is 14.3. The molecule has 1 aliphatic rings. The number of hydrogen-bond donors (Lipinski definition) is 2. The van der Waals surface area contributed by atoms with Gasteiger partial charge in [0.1, 0.15) is 17.3 Å². The number of nitrogens with one attached hydrogen (secondary N) is 1. The van der Waals surface area contributed by atoms with Gasteiger partial charge in [0.25, 0.3) is 11.7 Å². The fourth-order valence-corrected chi connectivity index (χ4v) is 6.05. The van der Waals surface area contributed by atoms with Crippen LogP contribution in [0.4, 0.5) is 0 Å². The van der Waals surface area contributed by atoms with Crippen molar-refractivity contribution < 1.29 is 24.2 Å². The van der Waals surface area contributed by atoms with Gasteiger partial charge in [-0.2, -0.15) is 0 Å². The number of likely N-dealkylation sites (tertiary alicyclic amines) is 1. The summed E-state index contributed by atoms with van der Waals surface area (Å²) >= 11 is 1.47. The van der Waals surface area contributed by atoms with Crippen LogP contribution in [0.25, 0.3) is 16.7 Å². The van der Waals surface area contributed by atoms with Crippen molar-refractivity contribution in [2.75, 3.05) is 19.8 Å². The fraction of sp³-hybridized carbons (Fsp3) is 0.267. The quantitative estimate of drug-likeness (QED) is 0.157. The lowest BCUT2D eigenvalue weighted by atomic mass is 9.97. The van der Waals surface area contributed by atoms with Crippen molar-refractivity contribution in [1.29, 1.82) is 0 Å². The monoisotopic (exact) mass is 530 g/mol. The molecule has 7 nitrogen and oxygen atoms in total. The molecule has 2 aromatic carbocycles. The number of thiophene rings is 1. The molecular formula is C30H30N2O5S. The number of carbonyl (C=O) groups excluding carboxylic acids is 2. The van der Waals surface area contributed by atoms with Crippen molar-refractivity contribution in [3.05, 3.63) is 87.2 Å². The van der Waals surface area contributed by atoms with E-state index < -0.39 is 17.7 Å². The number of aromatic amines is 1. The Morgan fingerprint density at radius 1 is 1.08 bits per heavy atom. The summed E-state index contributed by atoms with van der Waals surface area (Å²) in [5.41, 5.74) is 3.47. The van der Waals surface area contributed by atoms with Crippen LogP contribution in [0.3, 0.4) is 0 Å². The van der Waals surface area contributed by atoms with E-state index in [2.05, 4.69) is 4.98 Å². The van der Waals surface area contributed by atoms with Crippen LogP contribution in [0.2, 0.25) is 0 Å². The Balaban J connectivity index is 1.58. The molecule has 2 N–H and O–H groups in total. The van der Waals surface area contributed by atoms with E-state index in [0.717, 1.165) is 26.9 Å². The number of aromatic nitrogens is 1. The van der Waals surface area contributed by atoms with Gasteiger partial charge in [0.05, 0.1) is 30.4 Å². The van der Waals surface area contributed by atoms with Gasteiger partial charge in [-0.15, -0.1) is 11.3 Å². The Morgan fingerprint density at radius 2 is 1.87 bits per heavy atom. The number of benzene rings is 2. The van der Waals surface area contributed by atoms with Crippen LogP contribution >= 0.6 is 11.3 Å². The number of carbonyl (C=O) groups is 2. The van der Waals surface area contributed by atoms with Gasteiger partial charge in [-0.3, -0.25) is 9.59 Å². The average molecular weight is 531 g/mol. The number of hydrogen-bond acceptors (Lipinski definition) is 6. The molecule has 4 aromatic rings. The summed E-state index contributed by atoms with van der Waals surface area (Å²) in [7, 11) is 0. The number of ketones is 1. The van der Waals surface area contributed by atoms with E-state index in [1.807, 2.05) is 62.7 Å². The highest BCUT2D eigenvalue weighted by Gasteiger charge is 2.47. The van der Waals surface area contributed by atoms with Gasteiger partial charge >= 0.3 is 0 Å². The fourth-order valence-electron chi connectivity index (χ4n) is 5.00. The lowest BCUT2D eigenvalue weighted by Crippen LogP contribution is -2.31. The first-order chi connectivity index (χ1) is 18.4. The highest BCUT2D eigenvalue weighted by atomic mass is 32.1. The summed E-state index contributed by atoms with van der Waals surface area (Å²) in [6.45, 7) is 6.85. The van der Waals surface area contributed by atoms with Gasteiger partial charge in [0.15, 0.2) is 0 Å². The molecule has 0 spiro atoms. The molecular weight excluding hydrogens is 500 g/mol. The van der Waals surface area contributed by atoms with Gasteiger partial charge in [0.2, 0.25) is 0 Å². The highest BCUT2D eigenvalue weighted by molar-refractivity contribution is 7.10. The van der Waals surface area contributed by atoms with Crippen molar-refractivity contribution >= 4 is 39.7 Å². The van der Waals surface area contributed by atoms with E-state index in [1.165, 1.54) is 11.3 Å². The normalized spacial score (nSPS) is 16.9. The third-order valence-corrected chi connectivity index (χ3v) is 7.88. The van der Waals surface area contributed by atoms with E-state index in [1.54, 1.807) is 23.1 Å². The zero-order chi connectivity index (χ0) is 26.8. The number of amides is 1. The minimum atomic E-state index is -0.699. The molecule has 0 bridgehead atoms. The number of aliphatic hydroxyl groups is 1. The molecule has 0 radical (unpaired) electrons. The SMILES string of the molecule is CCOc1ccc(/C(O)=C2/C(=O)C(=O)N(CCc3c[nH]c4ccccc34)C2c2sccc2C)c(OCC)c1. The molecule has 1 unspecified atom stereocenters. The second-order valence-electron chi connectivity index (χ2n) is 9.09. The smallest absolute Gasteiger partial charge is 0.295 e. The summed E-state index contributed by atoms with van der Waals surface area (Å²) < 4.78 is 11.4. The Kier molecular flexibility index (Phi) is 7.24. The molecule has 1 aliphatic heterocycles. The maximum atomic E-state index is 13.5. The first-order valence-electron chi connectivity index (χ1n) is 12.7. The van der Waals surface area contributed by atoms with E-state index in [9.17, 15) is 14.7 Å². The lowest BCUT2D eigenvalue weighted by molar-refractivity contribution is -0.139. The van der Waals surface area contributed by atoms with Crippen LogP contribution in [-0.2, 0) is 16.0 Å². The second kappa shape index (κ2) is 10.8.